The van der Waals surface area contributed by atoms with Crippen molar-refractivity contribution in [3.05, 3.63) is 100 Å². The minimum atomic E-state index is -0.445. The lowest BCUT2D eigenvalue weighted by atomic mass is 10.2. The molecular weight excluding hydrogens is 408 g/mol. The third-order valence-corrected chi connectivity index (χ3v) is 4.29. The molecule has 0 bridgehead atoms. The molecule has 5 nitrogen and oxygen atoms in total. The van der Waals surface area contributed by atoms with Crippen molar-refractivity contribution in [3.63, 3.8) is 0 Å². The van der Waals surface area contributed by atoms with E-state index in [4.69, 9.17) is 4.74 Å². The van der Waals surface area contributed by atoms with Crippen LogP contribution in [0.15, 0.2) is 88.4 Å². The molecule has 0 unspecified atom stereocenters. The van der Waals surface area contributed by atoms with E-state index in [0.29, 0.717) is 21.3 Å². The predicted octanol–water partition coefficient (Wildman–Crippen LogP) is 4.43. The summed E-state index contributed by atoms with van der Waals surface area (Å²) in [7, 11) is 0. The zero-order chi connectivity index (χ0) is 19.1. The number of rotatable bonds is 5. The molecule has 3 aromatic rings. The second-order valence-corrected chi connectivity index (χ2v) is 6.36. The van der Waals surface area contributed by atoms with Crippen molar-refractivity contribution in [3.8, 4) is 5.75 Å². The molecule has 0 radical (unpaired) electrons. The van der Waals surface area contributed by atoms with E-state index >= 15 is 0 Å². The number of nitrogens with zero attached hydrogens (tertiary/aromatic N) is 1. The number of hydrazone groups is 1. The van der Waals surface area contributed by atoms with E-state index in [-0.39, 0.29) is 5.91 Å². The van der Waals surface area contributed by atoms with Gasteiger partial charge in [0.25, 0.3) is 5.91 Å². The first kappa shape index (κ1) is 18.5. The molecule has 1 N–H and O–H groups in total. The summed E-state index contributed by atoms with van der Waals surface area (Å²) >= 11 is 3.33. The number of ether oxygens (including phenoxy) is 1. The lowest BCUT2D eigenvalue weighted by Gasteiger charge is -2.06. The van der Waals surface area contributed by atoms with Gasteiger partial charge in [-0.05, 0) is 70.0 Å². The molecule has 3 rings (SSSR count). The minimum Gasteiger partial charge on any atom is -0.423 e. The third-order valence-electron chi connectivity index (χ3n) is 3.60. The molecule has 0 saturated carbocycles. The fraction of sp³-hybridized carbons (Fsp3) is 0. The summed E-state index contributed by atoms with van der Waals surface area (Å²) in [5, 5.41) is 3.93. The summed E-state index contributed by atoms with van der Waals surface area (Å²) in [6.45, 7) is 0. The molecule has 0 heterocycles. The Hall–Kier alpha value is -3.25. The van der Waals surface area contributed by atoms with Crippen molar-refractivity contribution in [2.45, 2.75) is 0 Å². The molecule has 0 aliphatic heterocycles. The number of amides is 1. The van der Waals surface area contributed by atoms with Crippen molar-refractivity contribution in [2.75, 3.05) is 0 Å². The Balaban J connectivity index is 1.58. The topological polar surface area (TPSA) is 67.8 Å². The largest absolute Gasteiger partial charge is 0.423 e. The van der Waals surface area contributed by atoms with Crippen molar-refractivity contribution >= 4 is 34.0 Å². The lowest BCUT2D eigenvalue weighted by molar-refractivity contribution is 0.0733. The number of halogens is 1. The molecule has 27 heavy (non-hydrogen) atoms. The highest BCUT2D eigenvalue weighted by atomic mass is 79.9. The van der Waals surface area contributed by atoms with Gasteiger partial charge in [-0.3, -0.25) is 4.79 Å². The number of hydrogen-bond acceptors (Lipinski definition) is 4. The third kappa shape index (κ3) is 5.12. The normalized spacial score (nSPS) is 10.6. The van der Waals surface area contributed by atoms with Crippen LogP contribution in [0.2, 0.25) is 0 Å². The Labute approximate surface area is 164 Å². The van der Waals surface area contributed by atoms with Gasteiger partial charge in [0.1, 0.15) is 5.75 Å². The van der Waals surface area contributed by atoms with Crippen molar-refractivity contribution < 1.29 is 14.3 Å². The molecule has 1 amide bonds. The van der Waals surface area contributed by atoms with E-state index in [2.05, 4.69) is 26.5 Å². The molecule has 0 aliphatic rings. The summed E-state index contributed by atoms with van der Waals surface area (Å²) in [4.78, 5) is 24.1. The van der Waals surface area contributed by atoms with Crippen LogP contribution in [-0.2, 0) is 0 Å². The first-order valence-corrected chi connectivity index (χ1v) is 8.88. The van der Waals surface area contributed by atoms with Gasteiger partial charge >= 0.3 is 5.97 Å². The van der Waals surface area contributed by atoms with Crippen LogP contribution in [0.3, 0.4) is 0 Å². The van der Waals surface area contributed by atoms with Gasteiger partial charge in [-0.1, -0.05) is 30.3 Å². The van der Waals surface area contributed by atoms with Crippen molar-refractivity contribution in [1.29, 1.82) is 0 Å². The van der Waals surface area contributed by atoms with Crippen LogP contribution in [0.25, 0.3) is 0 Å². The summed E-state index contributed by atoms with van der Waals surface area (Å²) in [5.74, 6) is -0.314. The fourth-order valence-electron chi connectivity index (χ4n) is 2.23. The van der Waals surface area contributed by atoms with Crippen LogP contribution >= 0.6 is 15.9 Å². The molecular formula is C21H15BrN2O3. The SMILES string of the molecule is O=C(NN=Cc1ccc(OC(=O)c2ccccc2Br)cc1)c1ccccc1. The van der Waals surface area contributed by atoms with Crippen LogP contribution in [0.4, 0.5) is 0 Å². The van der Waals surface area contributed by atoms with Gasteiger partial charge in [0.05, 0.1) is 11.8 Å². The Morgan fingerprint density at radius 1 is 0.889 bits per heavy atom. The maximum Gasteiger partial charge on any atom is 0.344 e. The van der Waals surface area contributed by atoms with E-state index in [1.807, 2.05) is 12.1 Å². The van der Waals surface area contributed by atoms with Crippen LogP contribution in [-0.4, -0.2) is 18.1 Å². The molecule has 0 aromatic heterocycles. The predicted molar refractivity (Wildman–Crippen MR) is 107 cm³/mol. The van der Waals surface area contributed by atoms with Gasteiger partial charge in [0.15, 0.2) is 0 Å². The van der Waals surface area contributed by atoms with E-state index in [1.165, 1.54) is 6.21 Å². The summed E-state index contributed by atoms with van der Waals surface area (Å²) in [6.07, 6.45) is 1.51. The van der Waals surface area contributed by atoms with E-state index in [1.54, 1.807) is 66.7 Å². The number of benzene rings is 3. The Bertz CT molecular complexity index is 970. The molecule has 3 aromatic carbocycles. The van der Waals surface area contributed by atoms with Crippen LogP contribution in [0.5, 0.6) is 5.75 Å². The second kappa shape index (κ2) is 8.91. The minimum absolute atomic E-state index is 0.286. The zero-order valence-corrected chi connectivity index (χ0v) is 15.7. The Morgan fingerprint density at radius 3 is 2.26 bits per heavy atom. The summed E-state index contributed by atoms with van der Waals surface area (Å²) in [5.41, 5.74) is 4.20. The smallest absolute Gasteiger partial charge is 0.344 e. The number of nitrogens with one attached hydrogen (secondary N) is 1. The van der Waals surface area contributed by atoms with Gasteiger partial charge in [0.2, 0.25) is 0 Å². The van der Waals surface area contributed by atoms with Gasteiger partial charge < -0.3 is 4.74 Å². The van der Waals surface area contributed by atoms with Gasteiger partial charge in [-0.15, -0.1) is 0 Å². The fourth-order valence-corrected chi connectivity index (χ4v) is 2.68. The van der Waals surface area contributed by atoms with Gasteiger partial charge in [0, 0.05) is 10.0 Å². The van der Waals surface area contributed by atoms with Crippen LogP contribution < -0.4 is 10.2 Å². The highest BCUT2D eigenvalue weighted by molar-refractivity contribution is 9.10. The van der Waals surface area contributed by atoms with Gasteiger partial charge in [-0.2, -0.15) is 5.10 Å². The summed E-state index contributed by atoms with van der Waals surface area (Å²) in [6, 6.07) is 22.7. The molecule has 6 heteroatoms. The zero-order valence-electron chi connectivity index (χ0n) is 14.1. The van der Waals surface area contributed by atoms with Crippen LogP contribution in [0.1, 0.15) is 26.3 Å². The van der Waals surface area contributed by atoms with E-state index < -0.39 is 5.97 Å². The Kier molecular flexibility index (Phi) is 6.12. The first-order chi connectivity index (χ1) is 13.1. The maximum atomic E-state index is 12.2. The monoisotopic (exact) mass is 422 g/mol. The second-order valence-electron chi connectivity index (χ2n) is 5.50. The molecule has 134 valence electrons. The quantitative estimate of drug-likeness (QED) is 0.286. The number of esters is 1. The average molecular weight is 423 g/mol. The van der Waals surface area contributed by atoms with Gasteiger partial charge in [-0.25, -0.2) is 10.2 Å². The highest BCUT2D eigenvalue weighted by Crippen LogP contribution is 2.19. The number of carbonyl (C=O) groups excluding carboxylic acids is 2. The number of carbonyl (C=O) groups is 2. The summed E-state index contributed by atoms with van der Waals surface area (Å²) < 4.78 is 6.03. The Morgan fingerprint density at radius 2 is 1.56 bits per heavy atom. The molecule has 0 atom stereocenters. The molecule has 0 saturated heterocycles. The lowest BCUT2D eigenvalue weighted by Crippen LogP contribution is -2.17. The number of hydrogen-bond donors (Lipinski definition) is 1. The highest BCUT2D eigenvalue weighted by Gasteiger charge is 2.11. The standard InChI is InChI=1S/C21H15BrN2O3/c22-19-9-5-4-8-18(19)21(26)27-17-12-10-15(11-13-17)14-23-24-20(25)16-6-2-1-3-7-16/h1-14H,(H,24,25). The van der Waals surface area contributed by atoms with E-state index in [0.717, 1.165) is 5.56 Å². The van der Waals surface area contributed by atoms with E-state index in [9.17, 15) is 9.59 Å². The van der Waals surface area contributed by atoms with Crippen LogP contribution in [0, 0.1) is 0 Å². The maximum absolute atomic E-state index is 12.2. The molecule has 0 fully saturated rings. The first-order valence-electron chi connectivity index (χ1n) is 8.09. The van der Waals surface area contributed by atoms with Crippen molar-refractivity contribution in [1.82, 2.24) is 5.43 Å². The average Bonchev–Trinajstić information content (AvgIpc) is 2.70. The van der Waals surface area contributed by atoms with Crippen molar-refractivity contribution in [2.24, 2.45) is 5.10 Å². The molecule has 0 aliphatic carbocycles. The molecule has 0 spiro atoms.